The molecule has 3 N–H and O–H groups in total. The largest absolute Gasteiger partial charge is 0.508 e. The normalized spacial score (nSPS) is 10.5. The fraction of sp³-hybridized carbons (Fsp3) is 0.227. The highest BCUT2D eigenvalue weighted by Gasteiger charge is 2.09. The summed E-state index contributed by atoms with van der Waals surface area (Å²) in [5.41, 5.74) is 2.56. The maximum atomic E-state index is 12.0. The lowest BCUT2D eigenvalue weighted by molar-refractivity contribution is -0.121. The van der Waals surface area contributed by atoms with Crippen molar-refractivity contribution in [3.05, 3.63) is 71.7 Å². The van der Waals surface area contributed by atoms with Crippen LogP contribution in [0.4, 0.5) is 0 Å². The summed E-state index contributed by atoms with van der Waals surface area (Å²) in [6, 6.07) is 13.9. The number of phenolic OH excluding ortho intramolecular Hbond substituents is 1. The molecule has 7 heteroatoms. The molecule has 2 amide bonds. The Balaban J connectivity index is 1.36. The van der Waals surface area contributed by atoms with E-state index in [1.165, 1.54) is 29.8 Å². The Morgan fingerprint density at radius 2 is 1.69 bits per heavy atom. The Labute approximate surface area is 168 Å². The monoisotopic (exact) mass is 393 g/mol. The lowest BCUT2D eigenvalue weighted by Crippen LogP contribution is -2.34. The van der Waals surface area contributed by atoms with Gasteiger partial charge in [0.15, 0.2) is 11.7 Å². The van der Waals surface area contributed by atoms with E-state index in [-0.39, 0.29) is 24.0 Å². The van der Waals surface area contributed by atoms with Gasteiger partial charge in [0.1, 0.15) is 5.75 Å². The molecule has 0 bridgehead atoms. The van der Waals surface area contributed by atoms with E-state index in [4.69, 9.17) is 4.42 Å². The number of hydrogen-bond donors (Lipinski definition) is 3. The number of nitrogens with one attached hydrogen (secondary N) is 2. The van der Waals surface area contributed by atoms with E-state index in [2.05, 4.69) is 15.6 Å². The molecule has 29 heavy (non-hydrogen) atoms. The Bertz CT molecular complexity index is 962. The zero-order chi connectivity index (χ0) is 20.6. The smallest absolute Gasteiger partial charge is 0.251 e. The van der Waals surface area contributed by atoms with E-state index < -0.39 is 0 Å². The Morgan fingerprint density at radius 3 is 2.41 bits per heavy atom. The first-order chi connectivity index (χ1) is 14.0. The number of phenols is 1. The summed E-state index contributed by atoms with van der Waals surface area (Å²) >= 11 is 0. The minimum atomic E-state index is -0.261. The predicted octanol–water partition coefficient (Wildman–Crippen LogP) is 2.83. The average molecular weight is 393 g/mol. The van der Waals surface area contributed by atoms with Gasteiger partial charge in [-0.05, 0) is 31.2 Å². The number of oxazole rings is 1. The molecule has 0 fully saturated rings. The molecule has 0 aliphatic heterocycles. The average Bonchev–Trinajstić information content (AvgIpc) is 3.19. The highest BCUT2D eigenvalue weighted by atomic mass is 16.4. The fourth-order valence-electron chi connectivity index (χ4n) is 2.68. The van der Waals surface area contributed by atoms with Gasteiger partial charge in [0, 0.05) is 37.1 Å². The molecule has 7 nitrogen and oxygen atoms in total. The second-order valence-corrected chi connectivity index (χ2v) is 6.64. The summed E-state index contributed by atoms with van der Waals surface area (Å²) in [6.07, 6.45) is 2.31. The third kappa shape index (κ3) is 5.93. The van der Waals surface area contributed by atoms with Crippen molar-refractivity contribution in [1.82, 2.24) is 15.6 Å². The molecule has 0 atom stereocenters. The third-order valence-corrected chi connectivity index (χ3v) is 4.32. The second kappa shape index (κ2) is 9.54. The van der Waals surface area contributed by atoms with Gasteiger partial charge in [-0.1, -0.05) is 29.8 Å². The van der Waals surface area contributed by atoms with E-state index in [0.29, 0.717) is 36.7 Å². The zero-order valence-electron chi connectivity index (χ0n) is 16.1. The number of hydrogen-bond acceptors (Lipinski definition) is 5. The zero-order valence-corrected chi connectivity index (χ0v) is 16.1. The maximum absolute atomic E-state index is 12.0. The molecule has 0 spiro atoms. The summed E-state index contributed by atoms with van der Waals surface area (Å²) in [6.45, 7) is 2.65. The number of rotatable bonds is 8. The van der Waals surface area contributed by atoms with Gasteiger partial charge in [0.05, 0.1) is 6.20 Å². The first-order valence-corrected chi connectivity index (χ1v) is 9.37. The molecule has 0 saturated heterocycles. The third-order valence-electron chi connectivity index (χ3n) is 4.32. The van der Waals surface area contributed by atoms with E-state index in [0.717, 1.165) is 5.56 Å². The summed E-state index contributed by atoms with van der Waals surface area (Å²) in [5.74, 6) is 0.890. The van der Waals surface area contributed by atoms with E-state index in [1.54, 1.807) is 6.20 Å². The van der Waals surface area contributed by atoms with Gasteiger partial charge in [-0.3, -0.25) is 9.59 Å². The quantitative estimate of drug-likeness (QED) is 0.511. The molecular weight excluding hydrogens is 370 g/mol. The van der Waals surface area contributed by atoms with Crippen molar-refractivity contribution in [3.63, 3.8) is 0 Å². The lowest BCUT2D eigenvalue weighted by Gasteiger charge is -2.07. The first kappa shape index (κ1) is 20.1. The number of nitrogens with zero attached hydrogens (tertiary/aromatic N) is 1. The second-order valence-electron chi connectivity index (χ2n) is 6.64. The van der Waals surface area contributed by atoms with E-state index in [9.17, 15) is 14.7 Å². The Morgan fingerprint density at radius 1 is 1.00 bits per heavy atom. The van der Waals surface area contributed by atoms with Crippen LogP contribution in [0.15, 0.2) is 59.1 Å². The van der Waals surface area contributed by atoms with Gasteiger partial charge in [-0.15, -0.1) is 0 Å². The number of aromatic hydroxyl groups is 1. The summed E-state index contributed by atoms with van der Waals surface area (Å²) < 4.78 is 5.71. The van der Waals surface area contributed by atoms with Crippen LogP contribution in [0.3, 0.4) is 0 Å². The molecule has 0 radical (unpaired) electrons. The van der Waals surface area contributed by atoms with Crippen molar-refractivity contribution in [1.29, 1.82) is 0 Å². The molecule has 0 saturated carbocycles. The summed E-state index contributed by atoms with van der Waals surface area (Å²) in [5, 5.41) is 14.7. The van der Waals surface area contributed by atoms with Crippen LogP contribution >= 0.6 is 0 Å². The van der Waals surface area contributed by atoms with Crippen LogP contribution in [0, 0.1) is 6.92 Å². The van der Waals surface area contributed by atoms with Gasteiger partial charge in [0.2, 0.25) is 5.91 Å². The highest BCUT2D eigenvalue weighted by molar-refractivity contribution is 5.94. The van der Waals surface area contributed by atoms with Crippen molar-refractivity contribution < 1.29 is 19.1 Å². The predicted molar refractivity (Wildman–Crippen MR) is 108 cm³/mol. The van der Waals surface area contributed by atoms with Crippen LogP contribution in [-0.2, 0) is 11.2 Å². The van der Waals surface area contributed by atoms with Crippen LogP contribution in [0.25, 0.3) is 11.3 Å². The maximum Gasteiger partial charge on any atom is 0.251 e. The number of aryl methyl sites for hydroxylation is 2. The van der Waals surface area contributed by atoms with Crippen LogP contribution < -0.4 is 10.6 Å². The van der Waals surface area contributed by atoms with Crippen molar-refractivity contribution in [3.8, 4) is 17.1 Å². The van der Waals surface area contributed by atoms with Crippen LogP contribution in [0.5, 0.6) is 5.75 Å². The number of carbonyl (C=O) groups excluding carboxylic acids is 2. The molecule has 3 rings (SSSR count). The van der Waals surface area contributed by atoms with E-state index >= 15 is 0 Å². The summed E-state index contributed by atoms with van der Waals surface area (Å²) in [7, 11) is 0. The number of aromatic nitrogens is 1. The van der Waals surface area contributed by atoms with Gasteiger partial charge < -0.3 is 20.2 Å². The minimum absolute atomic E-state index is 0.103. The SMILES string of the molecule is Cc1ccc(-c2cnc(CCC(=O)NCCNC(=O)c3ccc(O)cc3)o2)cc1. The van der Waals surface area contributed by atoms with Crippen LogP contribution in [0.1, 0.15) is 28.2 Å². The standard InChI is InChI=1S/C22H23N3O4/c1-15-2-4-16(5-3-15)19-14-25-21(29-19)11-10-20(27)23-12-13-24-22(28)17-6-8-18(26)9-7-17/h2-9,14,26H,10-13H2,1H3,(H,23,27)(H,24,28). The number of benzene rings is 2. The molecule has 0 aliphatic carbocycles. The molecule has 1 heterocycles. The van der Waals surface area contributed by atoms with Crippen LogP contribution in [-0.4, -0.2) is 35.0 Å². The van der Waals surface area contributed by atoms with Gasteiger partial charge in [-0.25, -0.2) is 4.98 Å². The molecule has 2 aromatic carbocycles. The molecule has 3 aromatic rings. The van der Waals surface area contributed by atoms with Crippen molar-refractivity contribution in [2.24, 2.45) is 0 Å². The van der Waals surface area contributed by atoms with Crippen LogP contribution in [0.2, 0.25) is 0 Å². The number of amides is 2. The van der Waals surface area contributed by atoms with E-state index in [1.807, 2.05) is 31.2 Å². The van der Waals surface area contributed by atoms with Gasteiger partial charge >= 0.3 is 0 Å². The molecule has 0 aliphatic rings. The van der Waals surface area contributed by atoms with Crippen molar-refractivity contribution in [2.45, 2.75) is 19.8 Å². The molecule has 1 aromatic heterocycles. The Kier molecular flexibility index (Phi) is 6.63. The molecular formula is C22H23N3O4. The molecule has 0 unspecified atom stereocenters. The van der Waals surface area contributed by atoms with Crippen molar-refractivity contribution >= 4 is 11.8 Å². The fourth-order valence-corrected chi connectivity index (χ4v) is 2.68. The van der Waals surface area contributed by atoms with Crippen molar-refractivity contribution in [2.75, 3.05) is 13.1 Å². The number of carbonyl (C=O) groups is 2. The highest BCUT2D eigenvalue weighted by Crippen LogP contribution is 2.21. The lowest BCUT2D eigenvalue weighted by atomic mass is 10.1. The Hall–Kier alpha value is -3.61. The first-order valence-electron chi connectivity index (χ1n) is 9.37. The van der Waals surface area contributed by atoms with Gasteiger partial charge in [-0.2, -0.15) is 0 Å². The minimum Gasteiger partial charge on any atom is -0.508 e. The summed E-state index contributed by atoms with van der Waals surface area (Å²) in [4.78, 5) is 28.1. The van der Waals surface area contributed by atoms with Gasteiger partial charge in [0.25, 0.3) is 5.91 Å². The molecule has 150 valence electrons. The topological polar surface area (TPSA) is 104 Å².